The maximum Gasteiger partial charge on any atom is 0.390 e. The van der Waals surface area contributed by atoms with E-state index < -0.39 is 24.5 Å². The van der Waals surface area contributed by atoms with Crippen LogP contribution in [0.25, 0.3) is 0 Å². The summed E-state index contributed by atoms with van der Waals surface area (Å²) in [6.45, 7) is 6.60. The normalized spacial score (nSPS) is 14.6. The molecule has 1 aromatic rings. The van der Waals surface area contributed by atoms with E-state index in [4.69, 9.17) is 4.74 Å². The van der Waals surface area contributed by atoms with Crippen LogP contribution in [0.4, 0.5) is 13.2 Å². The molecular weight excluding hydrogens is 349 g/mol. The van der Waals surface area contributed by atoms with Crippen LogP contribution in [0, 0.1) is 19.8 Å². The zero-order valence-electron chi connectivity index (χ0n) is 15.5. The van der Waals surface area contributed by atoms with Gasteiger partial charge in [0.15, 0.2) is 0 Å². The Balaban J connectivity index is 2.23. The number of carbonyl (C=O) groups is 2. The lowest BCUT2D eigenvalue weighted by atomic mass is 10.1. The molecule has 1 amide bonds. The average Bonchev–Trinajstić information content (AvgIpc) is 3.25. The molecule has 0 aliphatic heterocycles. The van der Waals surface area contributed by atoms with Gasteiger partial charge in [0.1, 0.15) is 5.69 Å². The molecule has 0 atom stereocenters. The highest BCUT2D eigenvalue weighted by atomic mass is 19.4. The summed E-state index contributed by atoms with van der Waals surface area (Å²) < 4.78 is 43.0. The second-order valence-corrected chi connectivity index (χ2v) is 7.14. The molecule has 1 aromatic heterocycles. The summed E-state index contributed by atoms with van der Waals surface area (Å²) in [5, 5.41) is 0. The third kappa shape index (κ3) is 5.25. The van der Waals surface area contributed by atoms with E-state index in [1.807, 2.05) is 0 Å². The van der Waals surface area contributed by atoms with Gasteiger partial charge in [-0.3, -0.25) is 4.79 Å². The van der Waals surface area contributed by atoms with Gasteiger partial charge < -0.3 is 14.6 Å². The molecular formula is C18H25F3N2O3. The second-order valence-electron chi connectivity index (χ2n) is 7.14. The molecule has 1 heterocycles. The highest BCUT2D eigenvalue weighted by molar-refractivity contribution is 6.00. The van der Waals surface area contributed by atoms with Crippen molar-refractivity contribution >= 4 is 11.9 Å². The topological polar surface area (TPSA) is 62.4 Å². The van der Waals surface area contributed by atoms with Gasteiger partial charge in [0.25, 0.3) is 5.91 Å². The third-order valence-corrected chi connectivity index (χ3v) is 4.33. The van der Waals surface area contributed by atoms with Crippen LogP contribution >= 0.6 is 0 Å². The minimum absolute atomic E-state index is 0.154. The number of nitrogens with zero attached hydrogens (tertiary/aromatic N) is 1. The average molecular weight is 374 g/mol. The van der Waals surface area contributed by atoms with E-state index in [1.54, 1.807) is 27.7 Å². The van der Waals surface area contributed by atoms with E-state index in [0.29, 0.717) is 17.8 Å². The number of alkyl halides is 3. The first-order valence-electron chi connectivity index (χ1n) is 8.75. The molecule has 1 N–H and O–H groups in total. The summed E-state index contributed by atoms with van der Waals surface area (Å²) in [6, 6.07) is 0. The first-order valence-corrected chi connectivity index (χ1v) is 8.75. The molecule has 0 bridgehead atoms. The SMILES string of the molecule is Cc1[nH]c(C(=O)N(CCC(F)(F)F)CC2CC2)c(C)c1C(=O)OC(C)C. The Hall–Kier alpha value is -1.99. The van der Waals surface area contributed by atoms with Gasteiger partial charge >= 0.3 is 12.1 Å². The Morgan fingerprint density at radius 3 is 2.38 bits per heavy atom. The van der Waals surface area contributed by atoms with Crippen LogP contribution in [0.5, 0.6) is 0 Å². The number of aryl methyl sites for hydroxylation is 1. The van der Waals surface area contributed by atoms with Crippen molar-refractivity contribution in [3.05, 3.63) is 22.5 Å². The summed E-state index contributed by atoms with van der Waals surface area (Å²) in [5.74, 6) is -0.798. The number of amides is 1. The van der Waals surface area contributed by atoms with Crippen molar-refractivity contribution in [1.29, 1.82) is 0 Å². The van der Waals surface area contributed by atoms with E-state index in [1.165, 1.54) is 4.90 Å². The highest BCUT2D eigenvalue weighted by Gasteiger charge is 2.34. The molecule has 1 aliphatic rings. The summed E-state index contributed by atoms with van der Waals surface area (Å²) in [4.78, 5) is 29.2. The van der Waals surface area contributed by atoms with Gasteiger partial charge in [-0.05, 0) is 52.0 Å². The minimum atomic E-state index is -4.32. The monoisotopic (exact) mass is 374 g/mol. The number of rotatable bonds is 7. The van der Waals surface area contributed by atoms with E-state index in [9.17, 15) is 22.8 Å². The van der Waals surface area contributed by atoms with Gasteiger partial charge in [-0.15, -0.1) is 0 Å². The lowest BCUT2D eigenvalue weighted by Gasteiger charge is -2.23. The van der Waals surface area contributed by atoms with Crippen molar-refractivity contribution in [1.82, 2.24) is 9.88 Å². The molecule has 146 valence electrons. The van der Waals surface area contributed by atoms with Gasteiger partial charge in [-0.1, -0.05) is 0 Å². The van der Waals surface area contributed by atoms with Gasteiger partial charge in [0.2, 0.25) is 0 Å². The third-order valence-electron chi connectivity index (χ3n) is 4.33. The number of hydrogen-bond acceptors (Lipinski definition) is 3. The lowest BCUT2D eigenvalue weighted by molar-refractivity contribution is -0.136. The smallest absolute Gasteiger partial charge is 0.390 e. The molecule has 1 aliphatic carbocycles. The number of ether oxygens (including phenoxy) is 1. The van der Waals surface area contributed by atoms with E-state index in [0.717, 1.165) is 12.8 Å². The van der Waals surface area contributed by atoms with Crippen LogP contribution in [0.2, 0.25) is 0 Å². The maximum absolute atomic E-state index is 12.8. The quantitative estimate of drug-likeness (QED) is 0.734. The van der Waals surface area contributed by atoms with E-state index >= 15 is 0 Å². The van der Waals surface area contributed by atoms with Gasteiger partial charge in [0.05, 0.1) is 18.1 Å². The fourth-order valence-corrected chi connectivity index (χ4v) is 2.85. The maximum atomic E-state index is 12.8. The molecule has 2 rings (SSSR count). The molecule has 26 heavy (non-hydrogen) atoms. The predicted molar refractivity (Wildman–Crippen MR) is 90.1 cm³/mol. The fourth-order valence-electron chi connectivity index (χ4n) is 2.85. The van der Waals surface area contributed by atoms with Gasteiger partial charge in [-0.25, -0.2) is 4.79 Å². The molecule has 5 nitrogen and oxygen atoms in total. The van der Waals surface area contributed by atoms with Crippen molar-refractivity contribution < 1.29 is 27.5 Å². The molecule has 0 spiro atoms. The first-order chi connectivity index (χ1) is 12.0. The number of H-pyrrole nitrogens is 1. The van der Waals surface area contributed by atoms with Gasteiger partial charge in [0, 0.05) is 18.8 Å². The van der Waals surface area contributed by atoms with Crippen molar-refractivity contribution in [2.75, 3.05) is 13.1 Å². The summed E-state index contributed by atoms with van der Waals surface area (Å²) >= 11 is 0. The highest BCUT2D eigenvalue weighted by Crippen LogP contribution is 2.31. The van der Waals surface area contributed by atoms with Crippen molar-refractivity contribution in [2.24, 2.45) is 5.92 Å². The van der Waals surface area contributed by atoms with Crippen LogP contribution in [-0.4, -0.2) is 47.1 Å². The minimum Gasteiger partial charge on any atom is -0.459 e. The molecule has 0 saturated heterocycles. The molecule has 0 unspecified atom stereocenters. The number of esters is 1. The number of aromatic nitrogens is 1. The summed E-state index contributed by atoms with van der Waals surface area (Å²) in [6.07, 6.45) is -3.84. The largest absolute Gasteiger partial charge is 0.459 e. The molecule has 0 radical (unpaired) electrons. The Kier molecular flexibility index (Phi) is 6.03. The fraction of sp³-hybridized carbons (Fsp3) is 0.667. The van der Waals surface area contributed by atoms with E-state index in [-0.39, 0.29) is 29.8 Å². The zero-order valence-corrected chi connectivity index (χ0v) is 15.5. The molecule has 8 heteroatoms. The Labute approximate surface area is 150 Å². The first kappa shape index (κ1) is 20.3. The van der Waals surface area contributed by atoms with Crippen molar-refractivity contribution in [3.63, 3.8) is 0 Å². The van der Waals surface area contributed by atoms with Crippen LogP contribution in [-0.2, 0) is 4.74 Å². The van der Waals surface area contributed by atoms with Crippen LogP contribution in [0.15, 0.2) is 0 Å². The van der Waals surface area contributed by atoms with Crippen molar-refractivity contribution in [3.8, 4) is 0 Å². The second kappa shape index (κ2) is 7.72. The standard InChI is InChI=1S/C18H25F3N2O3/c1-10(2)26-17(25)14-11(3)15(22-12(14)4)16(24)23(9-13-5-6-13)8-7-18(19,20)21/h10,13,22H,5-9H2,1-4H3. The number of halogens is 3. The Morgan fingerprint density at radius 1 is 1.27 bits per heavy atom. The summed E-state index contributed by atoms with van der Waals surface area (Å²) in [5.41, 5.74) is 1.30. The Morgan fingerprint density at radius 2 is 1.88 bits per heavy atom. The summed E-state index contributed by atoms with van der Waals surface area (Å²) in [7, 11) is 0. The Bertz CT molecular complexity index is 676. The van der Waals surface area contributed by atoms with Gasteiger partial charge in [-0.2, -0.15) is 13.2 Å². The number of hydrogen-bond donors (Lipinski definition) is 1. The van der Waals surface area contributed by atoms with Crippen LogP contribution < -0.4 is 0 Å². The van der Waals surface area contributed by atoms with Crippen LogP contribution in [0.3, 0.4) is 0 Å². The zero-order chi connectivity index (χ0) is 19.6. The molecule has 0 aromatic carbocycles. The number of nitrogens with one attached hydrogen (secondary N) is 1. The van der Waals surface area contributed by atoms with Crippen molar-refractivity contribution in [2.45, 2.75) is 59.2 Å². The predicted octanol–water partition coefficient (Wildman–Crippen LogP) is 4.00. The van der Waals surface area contributed by atoms with Crippen LogP contribution in [0.1, 0.15) is 65.2 Å². The molecule has 1 fully saturated rings. The lowest BCUT2D eigenvalue weighted by Crippen LogP contribution is -2.36. The number of aromatic amines is 1. The molecule has 1 saturated carbocycles. The van der Waals surface area contributed by atoms with E-state index in [2.05, 4.69) is 4.98 Å². The number of carbonyl (C=O) groups excluding carboxylic acids is 2.